The van der Waals surface area contributed by atoms with Gasteiger partial charge >= 0.3 is 5.97 Å². The predicted molar refractivity (Wildman–Crippen MR) is 45.5 cm³/mol. The minimum absolute atomic E-state index is 0.0170. The highest BCUT2D eigenvalue weighted by atomic mass is 16.4. The van der Waals surface area contributed by atoms with E-state index in [1.807, 2.05) is 0 Å². The Morgan fingerprint density at radius 2 is 2.31 bits per heavy atom. The highest BCUT2D eigenvalue weighted by Gasteiger charge is 2.10. The summed E-state index contributed by atoms with van der Waals surface area (Å²) in [5.41, 5.74) is 1.22. The molecule has 3 N–H and O–H groups in total. The fraction of sp³-hybridized carbons (Fsp3) is 0.500. The van der Waals surface area contributed by atoms with E-state index < -0.39 is 5.97 Å². The molecule has 1 aromatic heterocycles. The van der Waals surface area contributed by atoms with Gasteiger partial charge < -0.3 is 15.2 Å². The van der Waals surface area contributed by atoms with E-state index in [1.165, 1.54) is 0 Å². The number of carboxylic acid groups (broad SMARTS) is 1. The molecule has 1 aromatic rings. The normalized spacial score (nSPS) is 10.3. The van der Waals surface area contributed by atoms with Crippen LogP contribution in [0.25, 0.3) is 0 Å². The van der Waals surface area contributed by atoms with E-state index >= 15 is 0 Å². The minimum atomic E-state index is -0.900. The molecule has 0 aromatic carbocycles. The Labute approximate surface area is 75.4 Å². The number of nitrogens with zero attached hydrogens (tertiary/aromatic N) is 1. The van der Waals surface area contributed by atoms with Gasteiger partial charge in [-0.25, -0.2) is 4.98 Å². The minimum Gasteiger partial charge on any atom is -0.481 e. The molecule has 0 unspecified atom stereocenters. The first-order valence-corrected chi connectivity index (χ1v) is 4.00. The van der Waals surface area contributed by atoms with Gasteiger partial charge in [-0.05, 0) is 6.92 Å². The van der Waals surface area contributed by atoms with E-state index in [0.717, 1.165) is 0 Å². The smallest absolute Gasteiger partial charge is 0.309 e. The number of aliphatic hydroxyl groups is 1. The van der Waals surface area contributed by atoms with Gasteiger partial charge in [0.15, 0.2) is 0 Å². The second-order valence-electron chi connectivity index (χ2n) is 2.79. The Morgan fingerprint density at radius 1 is 1.62 bits per heavy atom. The van der Waals surface area contributed by atoms with E-state index in [1.54, 1.807) is 6.92 Å². The van der Waals surface area contributed by atoms with Gasteiger partial charge in [-0.15, -0.1) is 0 Å². The summed E-state index contributed by atoms with van der Waals surface area (Å²) in [6.45, 7) is 1.74. The zero-order valence-corrected chi connectivity index (χ0v) is 7.37. The van der Waals surface area contributed by atoms with Crippen LogP contribution >= 0.6 is 0 Å². The predicted octanol–water partition coefficient (Wildman–Crippen LogP) is -0.120. The number of hydrogen-bond acceptors (Lipinski definition) is 3. The van der Waals surface area contributed by atoms with E-state index in [4.69, 9.17) is 10.2 Å². The lowest BCUT2D eigenvalue weighted by Gasteiger charge is -1.96. The van der Waals surface area contributed by atoms with Crippen molar-refractivity contribution in [2.75, 3.05) is 6.61 Å². The van der Waals surface area contributed by atoms with Gasteiger partial charge in [0.2, 0.25) is 0 Å². The third kappa shape index (κ3) is 2.55. The third-order valence-corrected chi connectivity index (χ3v) is 1.66. The van der Waals surface area contributed by atoms with Crippen molar-refractivity contribution in [2.45, 2.75) is 19.8 Å². The molecule has 0 aliphatic heterocycles. The van der Waals surface area contributed by atoms with Gasteiger partial charge in [0.25, 0.3) is 0 Å². The average molecular weight is 184 g/mol. The van der Waals surface area contributed by atoms with Crippen molar-refractivity contribution in [2.24, 2.45) is 0 Å². The average Bonchev–Trinajstić information content (AvgIpc) is 2.31. The maximum atomic E-state index is 10.4. The fourth-order valence-electron chi connectivity index (χ4n) is 1.20. The molecule has 5 heteroatoms. The summed E-state index contributed by atoms with van der Waals surface area (Å²) < 4.78 is 0. The molecular formula is C8H12N2O3. The van der Waals surface area contributed by atoms with Crippen LogP contribution in [0, 0.1) is 6.92 Å². The number of aliphatic carboxylic acids is 1. The second-order valence-corrected chi connectivity index (χ2v) is 2.79. The number of nitrogens with one attached hydrogen (secondary N) is 1. The first kappa shape index (κ1) is 9.73. The summed E-state index contributed by atoms with van der Waals surface area (Å²) in [5.74, 6) is -0.220. The lowest BCUT2D eigenvalue weighted by Crippen LogP contribution is -2.04. The zero-order valence-electron chi connectivity index (χ0n) is 7.37. The van der Waals surface area contributed by atoms with Gasteiger partial charge in [0.05, 0.1) is 12.1 Å². The van der Waals surface area contributed by atoms with Crippen molar-refractivity contribution in [3.8, 4) is 0 Å². The third-order valence-electron chi connectivity index (χ3n) is 1.66. The summed E-state index contributed by atoms with van der Waals surface area (Å²) in [4.78, 5) is 17.4. The van der Waals surface area contributed by atoms with Crippen LogP contribution in [0.4, 0.5) is 0 Å². The number of aliphatic hydroxyl groups excluding tert-OH is 1. The molecule has 0 atom stereocenters. The molecule has 0 saturated heterocycles. The van der Waals surface area contributed by atoms with Gasteiger partial charge in [-0.2, -0.15) is 0 Å². The Hall–Kier alpha value is -1.36. The lowest BCUT2D eigenvalue weighted by molar-refractivity contribution is -0.136. The number of carboxylic acids is 1. The molecule has 0 bridgehead atoms. The van der Waals surface area contributed by atoms with Crippen LogP contribution in [-0.4, -0.2) is 32.8 Å². The highest BCUT2D eigenvalue weighted by molar-refractivity contribution is 5.69. The standard InChI is InChI=1S/C8H12N2O3/c1-5-9-6(2-3-11)7(10-5)4-8(12)13/h11H,2-4H2,1H3,(H,9,10)(H,12,13). The first-order valence-electron chi connectivity index (χ1n) is 4.00. The zero-order chi connectivity index (χ0) is 9.84. The van der Waals surface area contributed by atoms with Gasteiger partial charge in [-0.3, -0.25) is 4.79 Å². The number of hydrogen-bond donors (Lipinski definition) is 3. The van der Waals surface area contributed by atoms with E-state index in [0.29, 0.717) is 23.6 Å². The number of aryl methyl sites for hydroxylation is 1. The molecule has 1 rings (SSSR count). The number of carbonyl (C=O) groups is 1. The summed E-state index contributed by atoms with van der Waals surface area (Å²) in [5, 5.41) is 17.2. The largest absolute Gasteiger partial charge is 0.481 e. The van der Waals surface area contributed by atoms with E-state index in [-0.39, 0.29) is 13.0 Å². The van der Waals surface area contributed by atoms with Crippen molar-refractivity contribution in [1.82, 2.24) is 9.97 Å². The Morgan fingerprint density at radius 3 is 2.85 bits per heavy atom. The topological polar surface area (TPSA) is 86.2 Å². The molecule has 5 nitrogen and oxygen atoms in total. The monoisotopic (exact) mass is 184 g/mol. The molecule has 0 spiro atoms. The van der Waals surface area contributed by atoms with Crippen LogP contribution in [-0.2, 0) is 17.6 Å². The molecule has 0 fully saturated rings. The maximum Gasteiger partial charge on any atom is 0.309 e. The molecule has 13 heavy (non-hydrogen) atoms. The summed E-state index contributed by atoms with van der Waals surface area (Å²) in [6, 6.07) is 0. The Balaban J connectivity index is 2.83. The quantitative estimate of drug-likeness (QED) is 0.609. The number of aromatic nitrogens is 2. The molecule has 0 amide bonds. The SMILES string of the molecule is Cc1nc(CCO)c(CC(=O)O)[nH]1. The van der Waals surface area contributed by atoms with Gasteiger partial charge in [0.1, 0.15) is 5.82 Å². The van der Waals surface area contributed by atoms with E-state index in [2.05, 4.69) is 9.97 Å². The van der Waals surface area contributed by atoms with Crippen LogP contribution < -0.4 is 0 Å². The van der Waals surface area contributed by atoms with Crippen molar-refractivity contribution in [3.63, 3.8) is 0 Å². The molecule has 0 radical (unpaired) electrons. The molecule has 0 saturated carbocycles. The highest BCUT2D eigenvalue weighted by Crippen LogP contribution is 2.07. The lowest BCUT2D eigenvalue weighted by atomic mass is 10.2. The van der Waals surface area contributed by atoms with Crippen LogP contribution in [0.2, 0.25) is 0 Å². The first-order chi connectivity index (χ1) is 6.13. The summed E-state index contributed by atoms with van der Waals surface area (Å²) in [7, 11) is 0. The maximum absolute atomic E-state index is 10.4. The second kappa shape index (κ2) is 4.04. The Bertz CT molecular complexity index is 306. The Kier molecular flexibility index (Phi) is 3.02. The van der Waals surface area contributed by atoms with E-state index in [9.17, 15) is 4.79 Å². The molecule has 0 aliphatic rings. The number of aromatic amines is 1. The molecule has 0 aliphatic carbocycles. The van der Waals surface area contributed by atoms with Crippen LogP contribution in [0.3, 0.4) is 0 Å². The van der Waals surface area contributed by atoms with Crippen molar-refractivity contribution < 1.29 is 15.0 Å². The van der Waals surface area contributed by atoms with Crippen LogP contribution in [0.15, 0.2) is 0 Å². The van der Waals surface area contributed by atoms with Crippen molar-refractivity contribution in [3.05, 3.63) is 17.2 Å². The molecule has 72 valence electrons. The van der Waals surface area contributed by atoms with Crippen LogP contribution in [0.5, 0.6) is 0 Å². The van der Waals surface area contributed by atoms with Gasteiger partial charge in [0, 0.05) is 18.7 Å². The fourth-order valence-corrected chi connectivity index (χ4v) is 1.20. The van der Waals surface area contributed by atoms with Crippen molar-refractivity contribution in [1.29, 1.82) is 0 Å². The van der Waals surface area contributed by atoms with Crippen LogP contribution in [0.1, 0.15) is 17.2 Å². The summed E-state index contributed by atoms with van der Waals surface area (Å²) >= 11 is 0. The summed E-state index contributed by atoms with van der Waals surface area (Å²) in [6.07, 6.45) is 0.323. The van der Waals surface area contributed by atoms with Crippen molar-refractivity contribution >= 4 is 5.97 Å². The number of H-pyrrole nitrogens is 1. The number of imidazole rings is 1. The number of rotatable bonds is 4. The molecule has 1 heterocycles. The van der Waals surface area contributed by atoms with Gasteiger partial charge in [-0.1, -0.05) is 0 Å². The molecular weight excluding hydrogens is 172 g/mol.